The third kappa shape index (κ3) is 2.83. The van der Waals surface area contributed by atoms with Gasteiger partial charge >= 0.3 is 6.18 Å². The lowest BCUT2D eigenvalue weighted by molar-refractivity contribution is -0.137. The molecule has 1 aromatic heterocycles. The van der Waals surface area contributed by atoms with E-state index in [4.69, 9.17) is 11.6 Å². The zero-order chi connectivity index (χ0) is 15.9. The van der Waals surface area contributed by atoms with Crippen LogP contribution in [0.2, 0.25) is 5.02 Å². The molecule has 0 saturated carbocycles. The fraction of sp³-hybridized carbons (Fsp3) is 0.286. The number of carbonyl (C=O) groups is 1. The minimum Gasteiger partial charge on any atom is -0.333 e. The van der Waals surface area contributed by atoms with Gasteiger partial charge in [0.1, 0.15) is 5.69 Å². The standard InChI is InChI=1S/C14H10ClF3N2OS/c15-10-3-1-2-8-6-20(5-4-9(8)10)12(21)11-7-22-13(19-11)14(16,17)18/h1-3,7H,4-6H2. The minimum absolute atomic E-state index is 0.164. The van der Waals surface area contributed by atoms with Crippen molar-refractivity contribution >= 4 is 28.8 Å². The van der Waals surface area contributed by atoms with Gasteiger partial charge in [-0.15, -0.1) is 11.3 Å². The quantitative estimate of drug-likeness (QED) is 0.781. The van der Waals surface area contributed by atoms with Crippen LogP contribution in [0.1, 0.15) is 26.6 Å². The van der Waals surface area contributed by atoms with Crippen molar-refractivity contribution in [2.75, 3.05) is 6.54 Å². The van der Waals surface area contributed by atoms with E-state index in [1.807, 2.05) is 6.07 Å². The Balaban J connectivity index is 1.81. The highest BCUT2D eigenvalue weighted by atomic mass is 35.5. The number of alkyl halides is 3. The molecule has 0 unspecified atom stereocenters. The van der Waals surface area contributed by atoms with Crippen molar-refractivity contribution in [2.45, 2.75) is 19.1 Å². The average Bonchev–Trinajstić information content (AvgIpc) is 2.96. The van der Waals surface area contributed by atoms with Gasteiger partial charge in [-0.1, -0.05) is 23.7 Å². The number of hydrogen-bond acceptors (Lipinski definition) is 3. The predicted octanol–water partition coefficient (Wildman–Crippen LogP) is 4.01. The monoisotopic (exact) mass is 346 g/mol. The molecular formula is C14H10ClF3N2OS. The van der Waals surface area contributed by atoms with E-state index in [1.54, 1.807) is 12.1 Å². The second-order valence-corrected chi connectivity index (χ2v) is 6.16. The van der Waals surface area contributed by atoms with Crippen LogP contribution in [0.4, 0.5) is 13.2 Å². The number of benzene rings is 1. The third-order valence-electron chi connectivity index (χ3n) is 3.46. The van der Waals surface area contributed by atoms with Gasteiger partial charge < -0.3 is 4.90 Å². The molecule has 3 nitrogen and oxygen atoms in total. The van der Waals surface area contributed by atoms with E-state index < -0.39 is 17.1 Å². The van der Waals surface area contributed by atoms with Gasteiger partial charge in [0.25, 0.3) is 5.91 Å². The normalized spacial score (nSPS) is 14.8. The number of thiazole rings is 1. The number of nitrogens with zero attached hydrogens (tertiary/aromatic N) is 2. The van der Waals surface area contributed by atoms with Crippen molar-refractivity contribution in [1.29, 1.82) is 0 Å². The molecule has 116 valence electrons. The Morgan fingerprint density at radius 1 is 1.36 bits per heavy atom. The summed E-state index contributed by atoms with van der Waals surface area (Å²) in [7, 11) is 0. The maximum atomic E-state index is 12.6. The third-order valence-corrected chi connectivity index (χ3v) is 4.70. The van der Waals surface area contributed by atoms with E-state index in [1.165, 1.54) is 4.90 Å². The molecule has 0 aliphatic carbocycles. The number of hydrogen-bond donors (Lipinski definition) is 0. The van der Waals surface area contributed by atoms with Gasteiger partial charge in [-0.05, 0) is 23.6 Å². The van der Waals surface area contributed by atoms with Gasteiger partial charge in [-0.25, -0.2) is 4.98 Å². The second kappa shape index (κ2) is 5.55. The molecule has 1 aromatic carbocycles. The number of fused-ring (bicyclic) bond motifs is 1. The number of carbonyl (C=O) groups excluding carboxylic acids is 1. The minimum atomic E-state index is -4.52. The van der Waals surface area contributed by atoms with Crippen molar-refractivity contribution in [1.82, 2.24) is 9.88 Å². The molecule has 2 heterocycles. The largest absolute Gasteiger partial charge is 0.443 e. The second-order valence-electron chi connectivity index (χ2n) is 4.89. The summed E-state index contributed by atoms with van der Waals surface area (Å²) in [4.78, 5) is 17.2. The summed E-state index contributed by atoms with van der Waals surface area (Å²) in [6.45, 7) is 0.738. The Kier molecular flexibility index (Phi) is 3.86. The zero-order valence-corrected chi connectivity index (χ0v) is 12.7. The summed E-state index contributed by atoms with van der Waals surface area (Å²) in [6.07, 6.45) is -3.94. The molecule has 0 spiro atoms. The van der Waals surface area contributed by atoms with Crippen molar-refractivity contribution in [3.63, 3.8) is 0 Å². The summed E-state index contributed by atoms with van der Waals surface area (Å²) in [5.74, 6) is -0.489. The summed E-state index contributed by atoms with van der Waals surface area (Å²) in [5, 5.41) is 0.799. The smallest absolute Gasteiger partial charge is 0.333 e. The first kappa shape index (κ1) is 15.3. The van der Waals surface area contributed by atoms with Gasteiger partial charge in [0.05, 0.1) is 0 Å². The van der Waals surface area contributed by atoms with Crippen molar-refractivity contribution in [3.8, 4) is 0 Å². The molecule has 3 rings (SSSR count). The van der Waals surface area contributed by atoms with Crippen LogP contribution < -0.4 is 0 Å². The van der Waals surface area contributed by atoms with Gasteiger partial charge in [0.2, 0.25) is 0 Å². The highest BCUT2D eigenvalue weighted by Gasteiger charge is 2.36. The van der Waals surface area contributed by atoms with E-state index in [2.05, 4.69) is 4.98 Å². The van der Waals surface area contributed by atoms with Gasteiger partial charge in [-0.3, -0.25) is 4.79 Å². The van der Waals surface area contributed by atoms with E-state index in [0.29, 0.717) is 35.9 Å². The summed E-state index contributed by atoms with van der Waals surface area (Å²) < 4.78 is 37.7. The number of amides is 1. The lowest BCUT2D eigenvalue weighted by atomic mass is 9.99. The van der Waals surface area contributed by atoms with Crippen LogP contribution in [0, 0.1) is 0 Å². The molecule has 8 heteroatoms. The van der Waals surface area contributed by atoms with Crippen LogP contribution in [-0.4, -0.2) is 22.3 Å². The molecule has 1 amide bonds. The molecule has 0 radical (unpaired) electrons. The molecule has 0 bridgehead atoms. The summed E-state index contributed by atoms with van der Waals surface area (Å²) in [5.41, 5.74) is 1.74. The Bertz CT molecular complexity index is 729. The van der Waals surface area contributed by atoms with Crippen LogP contribution in [-0.2, 0) is 19.1 Å². The Morgan fingerprint density at radius 3 is 2.82 bits per heavy atom. The summed E-state index contributed by atoms with van der Waals surface area (Å²) in [6, 6.07) is 5.44. The van der Waals surface area contributed by atoms with E-state index >= 15 is 0 Å². The first-order valence-corrected chi connectivity index (χ1v) is 7.70. The Morgan fingerprint density at radius 2 is 2.14 bits per heavy atom. The van der Waals surface area contributed by atoms with Crippen LogP contribution >= 0.6 is 22.9 Å². The molecule has 0 fully saturated rings. The first-order chi connectivity index (χ1) is 10.4. The maximum Gasteiger partial charge on any atom is 0.443 e. The average molecular weight is 347 g/mol. The van der Waals surface area contributed by atoms with Crippen LogP contribution in [0.15, 0.2) is 23.6 Å². The maximum absolute atomic E-state index is 12.6. The van der Waals surface area contributed by atoms with Crippen LogP contribution in [0.5, 0.6) is 0 Å². The molecule has 22 heavy (non-hydrogen) atoms. The highest BCUT2D eigenvalue weighted by Crippen LogP contribution is 2.32. The van der Waals surface area contributed by atoms with Gasteiger partial charge in [0, 0.05) is 23.5 Å². The number of rotatable bonds is 1. The van der Waals surface area contributed by atoms with E-state index in [0.717, 1.165) is 16.5 Å². The van der Waals surface area contributed by atoms with Crippen molar-refractivity contribution in [2.24, 2.45) is 0 Å². The van der Waals surface area contributed by atoms with E-state index in [-0.39, 0.29) is 5.69 Å². The highest BCUT2D eigenvalue weighted by molar-refractivity contribution is 7.09. The lowest BCUT2D eigenvalue weighted by Gasteiger charge is -2.28. The topological polar surface area (TPSA) is 33.2 Å². The molecule has 0 N–H and O–H groups in total. The van der Waals surface area contributed by atoms with Crippen LogP contribution in [0.25, 0.3) is 0 Å². The van der Waals surface area contributed by atoms with Gasteiger partial charge in [0.15, 0.2) is 5.01 Å². The molecule has 1 aliphatic rings. The van der Waals surface area contributed by atoms with Crippen molar-refractivity contribution in [3.05, 3.63) is 50.4 Å². The number of halogens is 4. The van der Waals surface area contributed by atoms with E-state index in [9.17, 15) is 18.0 Å². The Labute approximate surface area is 133 Å². The SMILES string of the molecule is O=C(c1csc(C(F)(F)F)n1)N1CCc2c(Cl)cccc2C1. The first-order valence-electron chi connectivity index (χ1n) is 6.44. The predicted molar refractivity (Wildman–Crippen MR) is 77.0 cm³/mol. The lowest BCUT2D eigenvalue weighted by Crippen LogP contribution is -2.36. The molecular weight excluding hydrogens is 337 g/mol. The molecule has 0 saturated heterocycles. The van der Waals surface area contributed by atoms with Crippen LogP contribution in [0.3, 0.4) is 0 Å². The fourth-order valence-corrected chi connectivity index (χ4v) is 3.35. The molecule has 1 aliphatic heterocycles. The molecule has 0 atom stereocenters. The Hall–Kier alpha value is -1.60. The summed E-state index contributed by atoms with van der Waals surface area (Å²) >= 11 is 6.53. The fourth-order valence-electron chi connectivity index (χ4n) is 2.40. The molecule has 2 aromatic rings. The van der Waals surface area contributed by atoms with Crippen molar-refractivity contribution < 1.29 is 18.0 Å². The van der Waals surface area contributed by atoms with Gasteiger partial charge in [-0.2, -0.15) is 13.2 Å². The zero-order valence-electron chi connectivity index (χ0n) is 11.2. The number of aromatic nitrogens is 1.